The second-order valence-electron chi connectivity index (χ2n) is 6.46. The first-order valence-corrected chi connectivity index (χ1v) is 8.43. The van der Waals surface area contributed by atoms with E-state index in [1.165, 1.54) is 0 Å². The van der Waals surface area contributed by atoms with Crippen LogP contribution in [0.25, 0.3) is 11.1 Å². The minimum atomic E-state index is -6.10. The monoisotopic (exact) mass is 548 g/mol. The van der Waals surface area contributed by atoms with Crippen molar-refractivity contribution in [3.63, 3.8) is 0 Å². The zero-order valence-corrected chi connectivity index (χ0v) is 16.0. The third-order valence-electron chi connectivity index (χ3n) is 4.39. The Kier molecular flexibility index (Phi) is 6.57. The molecule has 0 fully saturated rings. The molecule has 0 bridgehead atoms. The minimum Gasteiger partial charge on any atom is -0.444 e. The third kappa shape index (κ3) is 3.85. The Hall–Kier alpha value is -3.66. The van der Waals surface area contributed by atoms with Gasteiger partial charge in [-0.05, 0) is 0 Å². The highest BCUT2D eigenvalue weighted by atomic mass is 19.4. The van der Waals surface area contributed by atoms with Gasteiger partial charge in [-0.25, -0.2) is 39.5 Å². The van der Waals surface area contributed by atoms with Crippen LogP contribution in [0.2, 0.25) is 0 Å². The van der Waals surface area contributed by atoms with Gasteiger partial charge in [0.15, 0.2) is 34.9 Å². The number of ether oxygens (including phenoxy) is 1. The summed E-state index contributed by atoms with van der Waals surface area (Å²) in [5.74, 6) is -44.3. The first kappa shape index (κ1) is 26.9. The van der Waals surface area contributed by atoms with Crippen LogP contribution in [0.3, 0.4) is 0 Å². The fourth-order valence-corrected chi connectivity index (χ4v) is 2.80. The van der Waals surface area contributed by atoms with Gasteiger partial charge in [0.25, 0.3) is 0 Å². The molecule has 17 heteroatoms. The highest BCUT2D eigenvalue weighted by Crippen LogP contribution is 2.44. The molecule has 0 saturated heterocycles. The van der Waals surface area contributed by atoms with Crippen molar-refractivity contribution in [2.24, 2.45) is 0 Å². The maximum Gasteiger partial charge on any atom is 0.422 e. The van der Waals surface area contributed by atoms with Gasteiger partial charge in [0.05, 0.1) is 11.1 Å². The van der Waals surface area contributed by atoms with Crippen molar-refractivity contribution in [2.75, 3.05) is 0 Å². The average Bonchev–Trinajstić information content (AvgIpc) is 2.80. The number of hydrogen-bond donors (Lipinski definition) is 0. The Morgan fingerprint density at radius 3 is 0.889 bits per heavy atom. The van der Waals surface area contributed by atoms with Gasteiger partial charge in [-0.2, -0.15) is 30.7 Å². The lowest BCUT2D eigenvalue weighted by Crippen LogP contribution is -2.17. The molecular formula is C19F16O. The van der Waals surface area contributed by atoms with Gasteiger partial charge in [-0.15, -0.1) is 0 Å². The molecule has 0 spiro atoms. The van der Waals surface area contributed by atoms with Crippen LogP contribution in [0.4, 0.5) is 70.2 Å². The molecule has 0 saturated carbocycles. The molecule has 0 amide bonds. The van der Waals surface area contributed by atoms with E-state index in [0.29, 0.717) is 0 Å². The zero-order valence-electron chi connectivity index (χ0n) is 16.0. The van der Waals surface area contributed by atoms with E-state index in [0.717, 1.165) is 0 Å². The summed E-state index contributed by atoms with van der Waals surface area (Å²) in [6.07, 6.45) is -6.10. The molecule has 0 atom stereocenters. The maximum atomic E-state index is 14.4. The number of halogens is 16. The molecule has 3 aromatic rings. The standard InChI is InChI=1S/C19F16O/c20-4-1(5(21)9(25)3(8(4)24)19(33,34)35)2-6(22)13(29)17(14(30)7(2)23)36-18-15(31)11(27)10(26)12(28)16(18)32. The van der Waals surface area contributed by atoms with Crippen molar-refractivity contribution in [3.8, 4) is 22.6 Å². The molecule has 0 aromatic heterocycles. The lowest BCUT2D eigenvalue weighted by molar-refractivity contribution is -0.143. The molecule has 3 rings (SSSR count). The second-order valence-corrected chi connectivity index (χ2v) is 6.46. The van der Waals surface area contributed by atoms with Gasteiger partial charge in [-0.1, -0.05) is 0 Å². The van der Waals surface area contributed by atoms with Crippen LogP contribution >= 0.6 is 0 Å². The predicted octanol–water partition coefficient (Wildman–Crippen LogP) is 7.97. The van der Waals surface area contributed by atoms with Crippen LogP contribution in [-0.2, 0) is 6.18 Å². The molecule has 0 radical (unpaired) electrons. The van der Waals surface area contributed by atoms with E-state index >= 15 is 0 Å². The van der Waals surface area contributed by atoms with E-state index in [1.807, 2.05) is 0 Å². The summed E-state index contributed by atoms with van der Waals surface area (Å²) in [4.78, 5) is 0. The second kappa shape index (κ2) is 8.77. The Labute approximate surface area is 186 Å². The smallest absolute Gasteiger partial charge is 0.422 e. The largest absolute Gasteiger partial charge is 0.444 e. The Balaban J connectivity index is 2.34. The Bertz CT molecular complexity index is 1340. The summed E-state index contributed by atoms with van der Waals surface area (Å²) in [7, 11) is 0. The van der Waals surface area contributed by atoms with Crippen LogP contribution < -0.4 is 4.74 Å². The molecular weight excluding hydrogens is 548 g/mol. The molecule has 36 heavy (non-hydrogen) atoms. The highest BCUT2D eigenvalue weighted by Gasteiger charge is 2.44. The average molecular weight is 548 g/mol. The Morgan fingerprint density at radius 2 is 0.583 bits per heavy atom. The number of hydrogen-bond acceptors (Lipinski definition) is 1. The summed E-state index contributed by atoms with van der Waals surface area (Å²) >= 11 is 0. The summed E-state index contributed by atoms with van der Waals surface area (Å²) in [6, 6.07) is 0. The SMILES string of the molecule is Fc1c(F)c(F)c(Oc2c(F)c(F)c(-c3c(F)c(F)c(C(F)(F)F)c(F)c3F)c(F)c2F)c(F)c1F. The minimum absolute atomic E-state index is 2.51. The van der Waals surface area contributed by atoms with Crippen molar-refractivity contribution in [2.45, 2.75) is 6.18 Å². The van der Waals surface area contributed by atoms with E-state index in [-0.39, 0.29) is 0 Å². The lowest BCUT2D eigenvalue weighted by Gasteiger charge is -2.17. The number of benzene rings is 3. The third-order valence-corrected chi connectivity index (χ3v) is 4.39. The van der Waals surface area contributed by atoms with Crippen LogP contribution in [0.5, 0.6) is 11.5 Å². The fourth-order valence-electron chi connectivity index (χ4n) is 2.80. The number of rotatable bonds is 3. The van der Waals surface area contributed by atoms with E-state index in [1.54, 1.807) is 0 Å². The highest BCUT2D eigenvalue weighted by molar-refractivity contribution is 5.69. The van der Waals surface area contributed by atoms with E-state index in [4.69, 9.17) is 0 Å². The molecule has 0 aliphatic heterocycles. The summed E-state index contributed by atoms with van der Waals surface area (Å²) in [5, 5.41) is 0. The van der Waals surface area contributed by atoms with Crippen LogP contribution in [0.1, 0.15) is 5.56 Å². The van der Waals surface area contributed by atoms with Crippen molar-refractivity contribution in [3.05, 3.63) is 81.2 Å². The summed E-state index contributed by atoms with van der Waals surface area (Å²) in [5.41, 5.74) is -8.64. The van der Waals surface area contributed by atoms with Gasteiger partial charge in [0.1, 0.15) is 5.56 Å². The normalized spacial score (nSPS) is 11.9. The molecule has 1 nitrogen and oxygen atoms in total. The molecule has 0 heterocycles. The van der Waals surface area contributed by atoms with Crippen LogP contribution in [-0.4, -0.2) is 0 Å². The van der Waals surface area contributed by atoms with E-state index in [9.17, 15) is 70.2 Å². The van der Waals surface area contributed by atoms with E-state index < -0.39 is 110 Å². The molecule has 0 aliphatic rings. The quantitative estimate of drug-likeness (QED) is 0.183. The van der Waals surface area contributed by atoms with Gasteiger partial charge in [0.2, 0.25) is 52.2 Å². The topological polar surface area (TPSA) is 9.23 Å². The molecule has 3 aromatic carbocycles. The van der Waals surface area contributed by atoms with E-state index in [2.05, 4.69) is 4.74 Å². The fraction of sp³-hybridized carbons (Fsp3) is 0.0526. The molecule has 0 aliphatic carbocycles. The van der Waals surface area contributed by atoms with Gasteiger partial charge in [0, 0.05) is 0 Å². The first-order chi connectivity index (χ1) is 16.4. The Morgan fingerprint density at radius 1 is 0.333 bits per heavy atom. The van der Waals surface area contributed by atoms with Crippen LogP contribution in [0, 0.1) is 75.6 Å². The zero-order chi connectivity index (χ0) is 27.6. The maximum absolute atomic E-state index is 14.4. The molecule has 0 N–H and O–H groups in total. The van der Waals surface area contributed by atoms with Gasteiger partial charge in [-0.3, -0.25) is 0 Å². The van der Waals surface area contributed by atoms with Gasteiger partial charge >= 0.3 is 6.18 Å². The van der Waals surface area contributed by atoms with Crippen molar-refractivity contribution in [1.82, 2.24) is 0 Å². The molecule has 0 unspecified atom stereocenters. The van der Waals surface area contributed by atoms with Crippen molar-refractivity contribution >= 4 is 0 Å². The van der Waals surface area contributed by atoms with Crippen LogP contribution in [0.15, 0.2) is 0 Å². The predicted molar refractivity (Wildman–Crippen MR) is 82.9 cm³/mol. The number of alkyl halides is 3. The summed E-state index contributed by atoms with van der Waals surface area (Å²) < 4.78 is 222. The van der Waals surface area contributed by atoms with Crippen molar-refractivity contribution < 1.29 is 75.0 Å². The van der Waals surface area contributed by atoms with Gasteiger partial charge < -0.3 is 4.74 Å². The summed E-state index contributed by atoms with van der Waals surface area (Å²) in [6.45, 7) is 0. The lowest BCUT2D eigenvalue weighted by atomic mass is 9.98. The first-order valence-electron chi connectivity index (χ1n) is 8.43. The molecule has 194 valence electrons. The van der Waals surface area contributed by atoms with Crippen molar-refractivity contribution in [1.29, 1.82) is 0 Å².